The highest BCUT2D eigenvalue weighted by Crippen LogP contribution is 2.35. The summed E-state index contributed by atoms with van der Waals surface area (Å²) in [6, 6.07) is 10.5. The molecule has 1 unspecified atom stereocenters. The third-order valence-electron chi connectivity index (χ3n) is 3.90. The SMILES string of the molecule is O=C(NCc1ccnc(OCC(F)(F)F)c1)NC1CCSc2ccccc21. The lowest BCUT2D eigenvalue weighted by Crippen LogP contribution is -2.38. The number of rotatable bonds is 5. The molecule has 1 atom stereocenters. The van der Waals surface area contributed by atoms with Crippen LogP contribution < -0.4 is 15.4 Å². The molecule has 2 aromatic rings. The first-order valence-electron chi connectivity index (χ1n) is 8.31. The van der Waals surface area contributed by atoms with Gasteiger partial charge in [0.2, 0.25) is 5.88 Å². The molecule has 5 nitrogen and oxygen atoms in total. The fourth-order valence-electron chi connectivity index (χ4n) is 2.68. The number of thioether (sulfide) groups is 1. The van der Waals surface area contributed by atoms with E-state index in [0.717, 1.165) is 22.6 Å². The van der Waals surface area contributed by atoms with E-state index in [1.54, 1.807) is 17.8 Å². The van der Waals surface area contributed by atoms with Crippen LogP contribution in [0, 0.1) is 0 Å². The molecule has 2 amide bonds. The van der Waals surface area contributed by atoms with E-state index in [1.807, 2.05) is 24.3 Å². The van der Waals surface area contributed by atoms with Gasteiger partial charge in [-0.25, -0.2) is 9.78 Å². The minimum absolute atomic E-state index is 0.0643. The normalized spacial score (nSPS) is 16.3. The van der Waals surface area contributed by atoms with E-state index < -0.39 is 12.8 Å². The van der Waals surface area contributed by atoms with Gasteiger partial charge in [-0.15, -0.1) is 11.8 Å². The lowest BCUT2D eigenvalue weighted by Gasteiger charge is -2.26. The fraction of sp³-hybridized carbons (Fsp3) is 0.333. The Balaban J connectivity index is 1.53. The largest absolute Gasteiger partial charge is 0.468 e. The Bertz CT molecular complexity index is 801. The summed E-state index contributed by atoms with van der Waals surface area (Å²) in [7, 11) is 0. The zero-order chi connectivity index (χ0) is 19.3. The van der Waals surface area contributed by atoms with E-state index >= 15 is 0 Å². The molecule has 0 saturated carbocycles. The molecule has 0 aliphatic carbocycles. The van der Waals surface area contributed by atoms with Crippen LogP contribution in [0.15, 0.2) is 47.5 Å². The van der Waals surface area contributed by atoms with Gasteiger partial charge in [0, 0.05) is 29.5 Å². The molecule has 0 bridgehead atoms. The first-order chi connectivity index (χ1) is 12.9. The second kappa shape index (κ2) is 8.51. The summed E-state index contributed by atoms with van der Waals surface area (Å²) in [6.45, 7) is -1.25. The molecule has 1 aromatic heterocycles. The summed E-state index contributed by atoms with van der Waals surface area (Å²) in [5, 5.41) is 5.66. The van der Waals surface area contributed by atoms with Crippen LogP contribution >= 0.6 is 11.8 Å². The molecule has 0 fully saturated rings. The Morgan fingerprint density at radius 1 is 1.30 bits per heavy atom. The van der Waals surface area contributed by atoms with Crippen molar-refractivity contribution in [2.75, 3.05) is 12.4 Å². The highest BCUT2D eigenvalue weighted by molar-refractivity contribution is 7.99. The molecule has 0 radical (unpaired) electrons. The van der Waals surface area contributed by atoms with Gasteiger partial charge in [-0.1, -0.05) is 18.2 Å². The van der Waals surface area contributed by atoms with Gasteiger partial charge in [-0.3, -0.25) is 0 Å². The van der Waals surface area contributed by atoms with Crippen molar-refractivity contribution in [2.24, 2.45) is 0 Å². The maximum absolute atomic E-state index is 12.2. The highest BCUT2D eigenvalue weighted by Gasteiger charge is 2.28. The maximum Gasteiger partial charge on any atom is 0.422 e. The summed E-state index contributed by atoms with van der Waals surface area (Å²) in [6.07, 6.45) is -2.25. The highest BCUT2D eigenvalue weighted by atomic mass is 32.2. The molecule has 27 heavy (non-hydrogen) atoms. The van der Waals surface area contributed by atoms with E-state index in [4.69, 9.17) is 0 Å². The molecule has 2 heterocycles. The van der Waals surface area contributed by atoms with Crippen molar-refractivity contribution in [3.63, 3.8) is 0 Å². The van der Waals surface area contributed by atoms with Crippen molar-refractivity contribution in [1.29, 1.82) is 0 Å². The average Bonchev–Trinajstić information content (AvgIpc) is 2.65. The number of amides is 2. The summed E-state index contributed by atoms with van der Waals surface area (Å²) in [4.78, 5) is 17.1. The van der Waals surface area contributed by atoms with Gasteiger partial charge in [0.05, 0.1) is 6.04 Å². The van der Waals surface area contributed by atoms with Crippen LogP contribution in [0.3, 0.4) is 0 Å². The van der Waals surface area contributed by atoms with Crippen LogP contribution in [-0.4, -0.2) is 29.6 Å². The predicted octanol–water partition coefficient (Wildman–Crippen LogP) is 4.06. The van der Waals surface area contributed by atoms with Crippen LogP contribution in [-0.2, 0) is 6.54 Å². The van der Waals surface area contributed by atoms with Gasteiger partial charge < -0.3 is 15.4 Å². The molecule has 1 aliphatic rings. The molecule has 1 aliphatic heterocycles. The molecule has 1 aromatic carbocycles. The second-order valence-electron chi connectivity index (χ2n) is 5.96. The summed E-state index contributed by atoms with van der Waals surface area (Å²) < 4.78 is 41.2. The van der Waals surface area contributed by atoms with Crippen molar-refractivity contribution >= 4 is 17.8 Å². The third-order valence-corrected chi connectivity index (χ3v) is 5.02. The number of hydrogen-bond donors (Lipinski definition) is 2. The first kappa shape index (κ1) is 19.3. The van der Waals surface area contributed by atoms with E-state index in [-0.39, 0.29) is 24.5 Å². The smallest absolute Gasteiger partial charge is 0.422 e. The number of pyridine rings is 1. The monoisotopic (exact) mass is 397 g/mol. The van der Waals surface area contributed by atoms with Gasteiger partial charge in [0.15, 0.2) is 6.61 Å². The van der Waals surface area contributed by atoms with Gasteiger partial charge in [-0.2, -0.15) is 13.2 Å². The number of ether oxygens (including phenoxy) is 1. The molecule has 9 heteroatoms. The first-order valence-corrected chi connectivity index (χ1v) is 9.30. The van der Waals surface area contributed by atoms with Crippen molar-refractivity contribution < 1.29 is 22.7 Å². The molecule has 0 spiro atoms. The van der Waals surface area contributed by atoms with Gasteiger partial charge in [-0.05, 0) is 29.7 Å². The molecule has 144 valence electrons. The van der Waals surface area contributed by atoms with Crippen molar-refractivity contribution in [2.45, 2.75) is 30.1 Å². The third kappa shape index (κ3) is 5.78. The lowest BCUT2D eigenvalue weighted by molar-refractivity contribution is -0.154. The number of benzene rings is 1. The number of aromatic nitrogens is 1. The van der Waals surface area contributed by atoms with E-state index in [1.165, 1.54) is 12.3 Å². The van der Waals surface area contributed by atoms with E-state index in [0.29, 0.717) is 5.56 Å². The molecular formula is C18H18F3N3O2S. The Kier molecular flexibility index (Phi) is 6.10. The van der Waals surface area contributed by atoms with Crippen LogP contribution in [0.2, 0.25) is 0 Å². The Hall–Kier alpha value is -2.42. The maximum atomic E-state index is 12.2. The number of alkyl halides is 3. The number of hydrogen-bond acceptors (Lipinski definition) is 4. The minimum atomic E-state index is -4.43. The Morgan fingerprint density at radius 3 is 2.93 bits per heavy atom. The molecule has 2 N–H and O–H groups in total. The summed E-state index contributed by atoms with van der Waals surface area (Å²) in [5.74, 6) is 0.789. The van der Waals surface area contributed by atoms with Crippen LogP contribution in [0.5, 0.6) is 5.88 Å². The molecular weight excluding hydrogens is 379 g/mol. The minimum Gasteiger partial charge on any atom is -0.468 e. The molecule has 0 saturated heterocycles. The van der Waals surface area contributed by atoms with Crippen molar-refractivity contribution in [3.05, 3.63) is 53.7 Å². The standard InChI is InChI=1S/C18H18F3N3O2S/c19-18(20,21)11-26-16-9-12(5-7-22-16)10-23-17(25)24-14-6-8-27-15-4-2-1-3-13(14)15/h1-5,7,9,14H,6,8,10-11H2,(H2,23,24,25). The number of carbonyl (C=O) groups is 1. The zero-order valence-corrected chi connectivity index (χ0v) is 15.1. The van der Waals surface area contributed by atoms with E-state index in [9.17, 15) is 18.0 Å². The second-order valence-corrected chi connectivity index (χ2v) is 7.10. The van der Waals surface area contributed by atoms with Crippen LogP contribution in [0.25, 0.3) is 0 Å². The fourth-order valence-corrected chi connectivity index (χ4v) is 3.80. The number of nitrogens with zero attached hydrogens (tertiary/aromatic N) is 1. The summed E-state index contributed by atoms with van der Waals surface area (Å²) >= 11 is 1.77. The number of halogens is 3. The number of carbonyl (C=O) groups excluding carboxylic acids is 1. The van der Waals surface area contributed by atoms with Gasteiger partial charge in [0.1, 0.15) is 0 Å². The number of urea groups is 1. The van der Waals surface area contributed by atoms with Gasteiger partial charge in [0.25, 0.3) is 0 Å². The quantitative estimate of drug-likeness (QED) is 0.799. The average molecular weight is 397 g/mol. The van der Waals surface area contributed by atoms with Crippen molar-refractivity contribution in [3.8, 4) is 5.88 Å². The van der Waals surface area contributed by atoms with Crippen LogP contribution in [0.4, 0.5) is 18.0 Å². The molecule has 3 rings (SSSR count). The lowest BCUT2D eigenvalue weighted by atomic mass is 10.0. The van der Waals surface area contributed by atoms with Gasteiger partial charge >= 0.3 is 12.2 Å². The Labute approximate surface area is 158 Å². The number of fused-ring (bicyclic) bond motifs is 1. The predicted molar refractivity (Wildman–Crippen MR) is 95.7 cm³/mol. The zero-order valence-electron chi connectivity index (χ0n) is 14.3. The van der Waals surface area contributed by atoms with Crippen LogP contribution in [0.1, 0.15) is 23.6 Å². The van der Waals surface area contributed by atoms with Crippen molar-refractivity contribution in [1.82, 2.24) is 15.6 Å². The Morgan fingerprint density at radius 2 is 2.11 bits per heavy atom. The number of nitrogens with one attached hydrogen (secondary N) is 2. The summed E-state index contributed by atoms with van der Waals surface area (Å²) in [5.41, 5.74) is 1.69. The topological polar surface area (TPSA) is 63.2 Å². The van der Waals surface area contributed by atoms with E-state index in [2.05, 4.69) is 20.4 Å².